The minimum Gasteiger partial charge on any atom is -0.384 e. The van der Waals surface area contributed by atoms with Gasteiger partial charge in [-0.05, 0) is 37.1 Å². The number of carbonyl (C=O) groups excluding carboxylic acids is 1. The Hall–Kier alpha value is -2.30. The maximum absolute atomic E-state index is 12.2. The van der Waals surface area contributed by atoms with Gasteiger partial charge in [0.25, 0.3) is 5.91 Å². The molecule has 19 heavy (non-hydrogen) atoms. The smallest absolute Gasteiger partial charge is 0.251 e. The van der Waals surface area contributed by atoms with Crippen molar-refractivity contribution in [3.05, 3.63) is 47.5 Å². The van der Waals surface area contributed by atoms with Crippen molar-refractivity contribution in [2.45, 2.75) is 19.4 Å². The van der Waals surface area contributed by atoms with E-state index in [1.165, 1.54) is 5.56 Å². The molecule has 0 fully saturated rings. The van der Waals surface area contributed by atoms with E-state index in [1.54, 1.807) is 12.4 Å². The first-order valence-electron chi connectivity index (χ1n) is 6.41. The fourth-order valence-electron chi connectivity index (χ4n) is 2.31. The molecule has 1 aromatic heterocycles. The fourth-order valence-corrected chi connectivity index (χ4v) is 2.31. The van der Waals surface area contributed by atoms with Crippen LogP contribution in [-0.2, 0) is 6.42 Å². The van der Waals surface area contributed by atoms with Gasteiger partial charge in [0, 0.05) is 30.2 Å². The molecule has 0 bridgehead atoms. The van der Waals surface area contributed by atoms with Crippen molar-refractivity contribution >= 4 is 11.6 Å². The minimum absolute atomic E-state index is 0.0707. The molecular weight excluding hydrogens is 240 g/mol. The number of aromatic amines is 1. The molecule has 1 amide bonds. The van der Waals surface area contributed by atoms with E-state index in [9.17, 15) is 4.79 Å². The third-order valence-electron chi connectivity index (χ3n) is 3.35. The van der Waals surface area contributed by atoms with E-state index >= 15 is 0 Å². The highest BCUT2D eigenvalue weighted by molar-refractivity contribution is 5.95. The van der Waals surface area contributed by atoms with Gasteiger partial charge in [0.05, 0.1) is 6.04 Å². The highest BCUT2D eigenvalue weighted by Crippen LogP contribution is 2.23. The van der Waals surface area contributed by atoms with Gasteiger partial charge in [-0.3, -0.25) is 4.79 Å². The fraction of sp³-hybridized carbons (Fsp3) is 0.286. The van der Waals surface area contributed by atoms with Crippen LogP contribution in [-0.4, -0.2) is 22.4 Å². The maximum atomic E-state index is 12.2. The predicted octanol–water partition coefficient (Wildman–Crippen LogP) is 1.87. The molecule has 0 spiro atoms. The molecule has 1 aliphatic heterocycles. The van der Waals surface area contributed by atoms with Crippen LogP contribution in [0.15, 0.2) is 30.6 Å². The molecule has 0 aliphatic carbocycles. The molecule has 2 heterocycles. The summed E-state index contributed by atoms with van der Waals surface area (Å²) < 4.78 is 0. The molecule has 3 N–H and O–H groups in total. The SMILES string of the molecule is CC(NC(=O)c1ccc2c(c1)CCN2)c1ncc[nH]1. The first kappa shape index (κ1) is 11.8. The van der Waals surface area contributed by atoms with Gasteiger partial charge in [-0.1, -0.05) is 0 Å². The van der Waals surface area contributed by atoms with Crippen molar-refractivity contribution in [2.24, 2.45) is 0 Å². The number of anilines is 1. The lowest BCUT2D eigenvalue weighted by Crippen LogP contribution is -2.27. The van der Waals surface area contributed by atoms with E-state index in [-0.39, 0.29) is 11.9 Å². The summed E-state index contributed by atoms with van der Waals surface area (Å²) in [7, 11) is 0. The molecule has 3 rings (SSSR count). The van der Waals surface area contributed by atoms with E-state index in [1.807, 2.05) is 25.1 Å². The van der Waals surface area contributed by atoms with Crippen LogP contribution in [0.5, 0.6) is 0 Å². The van der Waals surface area contributed by atoms with E-state index in [2.05, 4.69) is 20.6 Å². The van der Waals surface area contributed by atoms with Gasteiger partial charge >= 0.3 is 0 Å². The second-order valence-corrected chi connectivity index (χ2v) is 4.72. The number of aromatic nitrogens is 2. The summed E-state index contributed by atoms with van der Waals surface area (Å²) in [6.45, 7) is 2.86. The van der Waals surface area contributed by atoms with E-state index in [0.717, 1.165) is 24.5 Å². The molecule has 0 radical (unpaired) electrons. The second-order valence-electron chi connectivity index (χ2n) is 4.72. The molecular formula is C14H16N4O. The van der Waals surface area contributed by atoms with Crippen molar-refractivity contribution < 1.29 is 4.79 Å². The van der Waals surface area contributed by atoms with Crippen molar-refractivity contribution in [1.29, 1.82) is 0 Å². The van der Waals surface area contributed by atoms with Crippen LogP contribution in [0.4, 0.5) is 5.69 Å². The van der Waals surface area contributed by atoms with Crippen LogP contribution in [0.25, 0.3) is 0 Å². The Balaban J connectivity index is 1.74. The topological polar surface area (TPSA) is 69.8 Å². The Morgan fingerprint density at radius 1 is 1.47 bits per heavy atom. The number of carbonyl (C=O) groups is 1. The average Bonchev–Trinajstić information content (AvgIpc) is 3.09. The summed E-state index contributed by atoms with van der Waals surface area (Å²) in [4.78, 5) is 19.3. The first-order chi connectivity index (χ1) is 9.24. The highest BCUT2D eigenvalue weighted by atomic mass is 16.1. The molecule has 0 saturated heterocycles. The maximum Gasteiger partial charge on any atom is 0.251 e. The third kappa shape index (κ3) is 2.31. The quantitative estimate of drug-likeness (QED) is 0.785. The standard InChI is InChI=1S/C14H16N4O/c1-9(13-16-6-7-17-13)18-14(19)11-2-3-12-10(8-11)4-5-15-12/h2-3,6-9,15H,4-5H2,1H3,(H,16,17)(H,18,19). The number of nitrogens with one attached hydrogen (secondary N) is 3. The van der Waals surface area contributed by atoms with Crippen LogP contribution in [0.1, 0.15) is 34.7 Å². The summed E-state index contributed by atoms with van der Waals surface area (Å²) >= 11 is 0. The average molecular weight is 256 g/mol. The molecule has 1 aromatic carbocycles. The Bertz CT molecular complexity index is 591. The van der Waals surface area contributed by atoms with E-state index in [4.69, 9.17) is 0 Å². The largest absolute Gasteiger partial charge is 0.384 e. The van der Waals surface area contributed by atoms with E-state index < -0.39 is 0 Å². The zero-order valence-corrected chi connectivity index (χ0v) is 10.7. The predicted molar refractivity (Wildman–Crippen MR) is 73.1 cm³/mol. The number of rotatable bonds is 3. The number of nitrogens with zero attached hydrogens (tertiary/aromatic N) is 1. The zero-order valence-electron chi connectivity index (χ0n) is 10.7. The minimum atomic E-state index is -0.131. The van der Waals surface area contributed by atoms with Gasteiger partial charge in [0.2, 0.25) is 0 Å². The number of fused-ring (bicyclic) bond motifs is 1. The normalized spacial score (nSPS) is 14.6. The second kappa shape index (κ2) is 4.76. The first-order valence-corrected chi connectivity index (χ1v) is 6.41. The Morgan fingerprint density at radius 2 is 2.37 bits per heavy atom. The van der Waals surface area contributed by atoms with Crippen molar-refractivity contribution in [1.82, 2.24) is 15.3 Å². The molecule has 98 valence electrons. The lowest BCUT2D eigenvalue weighted by molar-refractivity contribution is 0.0938. The van der Waals surface area contributed by atoms with Crippen LogP contribution in [0.2, 0.25) is 0 Å². The van der Waals surface area contributed by atoms with Gasteiger partial charge in [-0.15, -0.1) is 0 Å². The summed E-state index contributed by atoms with van der Waals surface area (Å²) in [5.74, 6) is 0.690. The number of imidazole rings is 1. The number of benzene rings is 1. The summed E-state index contributed by atoms with van der Waals surface area (Å²) in [6.07, 6.45) is 4.41. The number of hydrogen-bond donors (Lipinski definition) is 3. The monoisotopic (exact) mass is 256 g/mol. The van der Waals surface area contributed by atoms with Crippen molar-refractivity contribution in [3.8, 4) is 0 Å². The highest BCUT2D eigenvalue weighted by Gasteiger charge is 2.16. The van der Waals surface area contributed by atoms with Crippen LogP contribution < -0.4 is 10.6 Å². The Labute approximate surface area is 111 Å². The number of hydrogen-bond acceptors (Lipinski definition) is 3. The van der Waals surface area contributed by atoms with Crippen LogP contribution >= 0.6 is 0 Å². The Kier molecular flexibility index (Phi) is 2.95. The molecule has 2 aromatic rings. The van der Waals surface area contributed by atoms with Gasteiger partial charge in [0.1, 0.15) is 5.82 Å². The zero-order chi connectivity index (χ0) is 13.2. The molecule has 1 atom stereocenters. The number of H-pyrrole nitrogens is 1. The summed E-state index contributed by atoms with van der Waals surface area (Å²) in [5, 5.41) is 6.22. The van der Waals surface area contributed by atoms with Crippen LogP contribution in [0, 0.1) is 0 Å². The van der Waals surface area contributed by atoms with Crippen molar-refractivity contribution in [3.63, 3.8) is 0 Å². The lowest BCUT2D eigenvalue weighted by atomic mass is 10.1. The number of amides is 1. The lowest BCUT2D eigenvalue weighted by Gasteiger charge is -2.12. The van der Waals surface area contributed by atoms with Crippen LogP contribution in [0.3, 0.4) is 0 Å². The molecule has 0 saturated carbocycles. The van der Waals surface area contributed by atoms with Gasteiger partial charge in [0.15, 0.2) is 0 Å². The van der Waals surface area contributed by atoms with Gasteiger partial charge < -0.3 is 15.6 Å². The van der Waals surface area contributed by atoms with Gasteiger partial charge in [-0.2, -0.15) is 0 Å². The Morgan fingerprint density at radius 3 is 3.16 bits per heavy atom. The summed E-state index contributed by atoms with van der Waals surface area (Å²) in [5.41, 5.74) is 3.04. The van der Waals surface area contributed by atoms with E-state index in [0.29, 0.717) is 5.56 Å². The molecule has 1 unspecified atom stereocenters. The molecule has 5 nitrogen and oxygen atoms in total. The molecule has 1 aliphatic rings. The van der Waals surface area contributed by atoms with Gasteiger partial charge in [-0.25, -0.2) is 4.98 Å². The third-order valence-corrected chi connectivity index (χ3v) is 3.35. The molecule has 5 heteroatoms. The van der Waals surface area contributed by atoms with Crippen molar-refractivity contribution in [2.75, 3.05) is 11.9 Å². The summed E-state index contributed by atoms with van der Waals surface area (Å²) in [6, 6.07) is 5.64.